The van der Waals surface area contributed by atoms with Crippen molar-refractivity contribution < 1.29 is 14.7 Å². The Bertz CT molecular complexity index is 518. The molecule has 2 rings (SSSR count). The first kappa shape index (κ1) is 13.3. The van der Waals surface area contributed by atoms with Crippen molar-refractivity contribution in [2.75, 3.05) is 6.54 Å². The number of benzene rings is 1. The van der Waals surface area contributed by atoms with Crippen LogP contribution < -0.4 is 0 Å². The zero-order valence-electron chi connectivity index (χ0n) is 10.9. The van der Waals surface area contributed by atoms with Crippen LogP contribution in [0.4, 0.5) is 0 Å². The third kappa shape index (κ3) is 3.68. The summed E-state index contributed by atoms with van der Waals surface area (Å²) >= 11 is 0. The van der Waals surface area contributed by atoms with Gasteiger partial charge in [0, 0.05) is 12.1 Å². The van der Waals surface area contributed by atoms with Crippen LogP contribution in [-0.2, 0) is 9.59 Å². The Morgan fingerprint density at radius 1 is 1.37 bits per heavy atom. The van der Waals surface area contributed by atoms with Crippen LogP contribution in [0.1, 0.15) is 24.0 Å². The lowest BCUT2D eigenvalue weighted by Gasteiger charge is -2.18. The number of carboxylic acids is 1. The number of rotatable bonds is 5. The summed E-state index contributed by atoms with van der Waals surface area (Å²) in [5, 5.41) is 8.82. The molecule has 1 aromatic carbocycles. The maximum atomic E-state index is 12.0. The number of hydrogen-bond acceptors (Lipinski definition) is 2. The molecule has 4 nitrogen and oxygen atoms in total. The van der Waals surface area contributed by atoms with E-state index in [-0.39, 0.29) is 18.5 Å². The van der Waals surface area contributed by atoms with Crippen LogP contribution in [0.5, 0.6) is 0 Å². The molecule has 1 saturated carbocycles. The minimum absolute atomic E-state index is 0.102. The largest absolute Gasteiger partial charge is 0.480 e. The minimum atomic E-state index is -0.968. The lowest BCUT2D eigenvalue weighted by atomic mass is 10.1. The van der Waals surface area contributed by atoms with E-state index in [2.05, 4.69) is 0 Å². The molecule has 4 heteroatoms. The summed E-state index contributed by atoms with van der Waals surface area (Å²) in [4.78, 5) is 24.2. The topological polar surface area (TPSA) is 57.6 Å². The number of nitrogens with zero attached hydrogens (tertiary/aromatic N) is 1. The lowest BCUT2D eigenvalue weighted by molar-refractivity contribution is -0.143. The zero-order chi connectivity index (χ0) is 13.8. The molecule has 0 unspecified atom stereocenters. The van der Waals surface area contributed by atoms with Crippen molar-refractivity contribution >= 4 is 18.0 Å². The molecule has 1 aliphatic carbocycles. The van der Waals surface area contributed by atoms with Gasteiger partial charge in [0.25, 0.3) is 0 Å². The predicted molar refractivity (Wildman–Crippen MR) is 72.6 cm³/mol. The lowest BCUT2D eigenvalue weighted by Crippen LogP contribution is -2.36. The van der Waals surface area contributed by atoms with Crippen LogP contribution in [-0.4, -0.2) is 34.5 Å². The van der Waals surface area contributed by atoms with Gasteiger partial charge in [0.15, 0.2) is 0 Å². The Kier molecular flexibility index (Phi) is 4.00. The minimum Gasteiger partial charge on any atom is -0.480 e. The number of aryl methyl sites for hydroxylation is 1. The van der Waals surface area contributed by atoms with E-state index in [9.17, 15) is 9.59 Å². The molecule has 1 N–H and O–H groups in total. The van der Waals surface area contributed by atoms with E-state index in [1.165, 1.54) is 11.0 Å². The van der Waals surface area contributed by atoms with E-state index in [0.29, 0.717) is 0 Å². The molecule has 1 fully saturated rings. The molecule has 0 aliphatic heterocycles. The highest BCUT2D eigenvalue weighted by molar-refractivity contribution is 5.94. The zero-order valence-corrected chi connectivity index (χ0v) is 10.9. The number of carbonyl (C=O) groups is 2. The Morgan fingerprint density at radius 3 is 2.63 bits per heavy atom. The number of aliphatic carboxylic acids is 1. The molecule has 0 saturated heterocycles. The molecule has 0 spiro atoms. The van der Waals surface area contributed by atoms with Crippen molar-refractivity contribution in [3.05, 3.63) is 41.5 Å². The van der Waals surface area contributed by atoms with E-state index < -0.39 is 5.97 Å². The Balaban J connectivity index is 2.06. The summed E-state index contributed by atoms with van der Waals surface area (Å²) in [5.41, 5.74) is 2.06. The van der Waals surface area contributed by atoms with E-state index in [0.717, 1.165) is 24.0 Å². The second-order valence-corrected chi connectivity index (χ2v) is 4.78. The quantitative estimate of drug-likeness (QED) is 0.824. The fourth-order valence-electron chi connectivity index (χ4n) is 1.95. The van der Waals surface area contributed by atoms with Gasteiger partial charge in [0.2, 0.25) is 5.91 Å². The highest BCUT2D eigenvalue weighted by atomic mass is 16.4. The molecule has 1 aromatic rings. The molecular formula is C15H17NO3. The van der Waals surface area contributed by atoms with Crippen molar-refractivity contribution in [1.29, 1.82) is 0 Å². The van der Waals surface area contributed by atoms with Crippen molar-refractivity contribution in [2.45, 2.75) is 25.8 Å². The van der Waals surface area contributed by atoms with Gasteiger partial charge >= 0.3 is 5.97 Å². The van der Waals surface area contributed by atoms with E-state index in [4.69, 9.17) is 5.11 Å². The molecule has 1 amide bonds. The van der Waals surface area contributed by atoms with Gasteiger partial charge < -0.3 is 10.0 Å². The average molecular weight is 259 g/mol. The van der Waals surface area contributed by atoms with Crippen LogP contribution in [0.25, 0.3) is 6.08 Å². The van der Waals surface area contributed by atoms with Crippen molar-refractivity contribution in [1.82, 2.24) is 4.90 Å². The molecule has 0 aromatic heterocycles. The molecule has 100 valence electrons. The summed E-state index contributed by atoms with van der Waals surface area (Å²) in [6.45, 7) is 1.75. The molecule has 1 aliphatic rings. The summed E-state index contributed by atoms with van der Waals surface area (Å²) in [6, 6.07) is 7.85. The molecule has 0 atom stereocenters. The first-order valence-electron chi connectivity index (χ1n) is 6.34. The van der Waals surface area contributed by atoms with Crippen LogP contribution in [0.3, 0.4) is 0 Å². The summed E-state index contributed by atoms with van der Waals surface area (Å²) < 4.78 is 0. The second-order valence-electron chi connectivity index (χ2n) is 4.78. The van der Waals surface area contributed by atoms with Gasteiger partial charge in [-0.1, -0.05) is 24.3 Å². The number of carboxylic acid groups (broad SMARTS) is 1. The van der Waals surface area contributed by atoms with E-state index >= 15 is 0 Å². The van der Waals surface area contributed by atoms with Crippen molar-refractivity contribution in [2.24, 2.45) is 0 Å². The number of amides is 1. The highest BCUT2D eigenvalue weighted by Gasteiger charge is 2.32. The number of hydrogen-bond donors (Lipinski definition) is 1. The maximum Gasteiger partial charge on any atom is 0.323 e. The van der Waals surface area contributed by atoms with Gasteiger partial charge in [-0.2, -0.15) is 0 Å². The van der Waals surface area contributed by atoms with Gasteiger partial charge in [-0.25, -0.2) is 0 Å². The fourth-order valence-corrected chi connectivity index (χ4v) is 1.95. The average Bonchev–Trinajstić information content (AvgIpc) is 3.18. The first-order chi connectivity index (χ1) is 9.08. The summed E-state index contributed by atoms with van der Waals surface area (Å²) in [6.07, 6.45) is 5.01. The number of carbonyl (C=O) groups excluding carboxylic acids is 1. The molecule has 0 radical (unpaired) electrons. The third-order valence-electron chi connectivity index (χ3n) is 3.17. The molecular weight excluding hydrogens is 242 g/mol. The Labute approximate surface area is 112 Å². The van der Waals surface area contributed by atoms with Crippen LogP contribution >= 0.6 is 0 Å². The summed E-state index contributed by atoms with van der Waals surface area (Å²) in [5.74, 6) is -1.20. The van der Waals surface area contributed by atoms with Crippen LogP contribution in [0.2, 0.25) is 0 Å². The van der Waals surface area contributed by atoms with Gasteiger partial charge in [-0.15, -0.1) is 0 Å². The molecule has 0 heterocycles. The van der Waals surface area contributed by atoms with Gasteiger partial charge in [-0.3, -0.25) is 9.59 Å². The fraction of sp³-hybridized carbons (Fsp3) is 0.333. The molecule has 0 bridgehead atoms. The van der Waals surface area contributed by atoms with E-state index in [1.54, 1.807) is 6.08 Å². The first-order valence-corrected chi connectivity index (χ1v) is 6.34. The third-order valence-corrected chi connectivity index (χ3v) is 3.17. The van der Waals surface area contributed by atoms with Crippen LogP contribution in [0, 0.1) is 6.92 Å². The Morgan fingerprint density at radius 2 is 2.05 bits per heavy atom. The van der Waals surface area contributed by atoms with Gasteiger partial charge in [-0.05, 0) is 37.0 Å². The maximum absolute atomic E-state index is 12.0. The van der Waals surface area contributed by atoms with Crippen molar-refractivity contribution in [3.8, 4) is 0 Å². The standard InChI is InChI=1S/C15H17NO3/c1-11-4-2-3-5-12(11)6-9-14(17)16(10-15(18)19)13-7-8-13/h2-6,9,13H,7-8,10H2,1H3,(H,18,19). The monoisotopic (exact) mass is 259 g/mol. The second kappa shape index (κ2) is 5.69. The SMILES string of the molecule is Cc1ccccc1C=CC(=O)N(CC(=O)O)C1CC1. The highest BCUT2D eigenvalue weighted by Crippen LogP contribution is 2.27. The van der Waals surface area contributed by atoms with Crippen molar-refractivity contribution in [3.63, 3.8) is 0 Å². The Hall–Kier alpha value is -2.10. The van der Waals surface area contributed by atoms with Crippen LogP contribution in [0.15, 0.2) is 30.3 Å². The van der Waals surface area contributed by atoms with Gasteiger partial charge in [0.05, 0.1) is 0 Å². The molecule has 19 heavy (non-hydrogen) atoms. The predicted octanol–water partition coefficient (Wildman–Crippen LogP) is 2.08. The van der Waals surface area contributed by atoms with E-state index in [1.807, 2.05) is 31.2 Å². The smallest absolute Gasteiger partial charge is 0.323 e. The summed E-state index contributed by atoms with van der Waals surface area (Å²) in [7, 11) is 0. The van der Waals surface area contributed by atoms with Gasteiger partial charge in [0.1, 0.15) is 6.54 Å². The normalized spacial score (nSPS) is 14.6.